The number of aromatic nitrogens is 4. The first-order valence-electron chi connectivity index (χ1n) is 7.73. The van der Waals surface area contributed by atoms with E-state index < -0.39 is 0 Å². The Morgan fingerprint density at radius 2 is 1.50 bits per heavy atom. The van der Waals surface area contributed by atoms with Crippen LogP contribution in [0, 0.1) is 25.5 Å². The monoisotopic (exact) mass is 330 g/mol. The van der Waals surface area contributed by atoms with Crippen molar-refractivity contribution in [2.24, 2.45) is 0 Å². The van der Waals surface area contributed by atoms with E-state index in [1.165, 1.54) is 24.3 Å². The maximum atomic E-state index is 12.7. The van der Waals surface area contributed by atoms with E-state index in [4.69, 9.17) is 0 Å². The first kappa shape index (κ1) is 17.6. The lowest BCUT2D eigenvalue weighted by atomic mass is 10.4. The molecule has 4 heterocycles. The molecular formula is C18H20F2N4. The summed E-state index contributed by atoms with van der Waals surface area (Å²) in [6.45, 7) is 7.88. The number of halogens is 2. The van der Waals surface area contributed by atoms with Crippen LogP contribution in [-0.2, 0) is 0 Å². The van der Waals surface area contributed by atoms with Crippen LogP contribution in [0.2, 0.25) is 0 Å². The largest absolute Gasteiger partial charge is 0.307 e. The summed E-state index contributed by atoms with van der Waals surface area (Å²) < 4.78 is 28.8. The Morgan fingerprint density at radius 3 is 2.21 bits per heavy atom. The normalized spacial score (nSPS) is 10.1. The van der Waals surface area contributed by atoms with E-state index in [1.807, 2.05) is 32.1 Å². The highest BCUT2D eigenvalue weighted by Crippen LogP contribution is 2.11. The number of aryl methyl sites for hydroxylation is 2. The third kappa shape index (κ3) is 3.76. The minimum atomic E-state index is -0.251. The van der Waals surface area contributed by atoms with Crippen molar-refractivity contribution in [3.8, 4) is 0 Å². The highest BCUT2D eigenvalue weighted by atomic mass is 19.1. The summed E-state index contributed by atoms with van der Waals surface area (Å²) in [6, 6.07) is 5.65. The fourth-order valence-corrected chi connectivity index (χ4v) is 2.15. The van der Waals surface area contributed by atoms with Crippen LogP contribution in [0.15, 0.2) is 49.1 Å². The van der Waals surface area contributed by atoms with Crippen molar-refractivity contribution in [1.82, 2.24) is 18.8 Å². The summed E-state index contributed by atoms with van der Waals surface area (Å²) in [5.41, 5.74) is 3.32. The molecule has 24 heavy (non-hydrogen) atoms. The van der Waals surface area contributed by atoms with E-state index in [0.29, 0.717) is 11.3 Å². The van der Waals surface area contributed by atoms with Crippen LogP contribution < -0.4 is 0 Å². The standard InChI is InChI=1S/C9H9FN2.C7H5FN2.C2H6/c1-6-7(2)12-4-3-8(10)5-9(12)11-6;8-6-1-3-10-4-2-9-7(10)5-6;1-2/h3-5H,1-2H3;1-5H;1-2H3. The third-order valence-electron chi connectivity index (χ3n) is 3.42. The van der Waals surface area contributed by atoms with Gasteiger partial charge in [0.25, 0.3) is 0 Å². The van der Waals surface area contributed by atoms with Gasteiger partial charge in [0.2, 0.25) is 0 Å². The summed E-state index contributed by atoms with van der Waals surface area (Å²) >= 11 is 0. The first-order valence-corrected chi connectivity index (χ1v) is 7.73. The van der Waals surface area contributed by atoms with Gasteiger partial charge in [-0.3, -0.25) is 0 Å². The molecular weight excluding hydrogens is 310 g/mol. The molecule has 4 rings (SSSR count). The van der Waals surface area contributed by atoms with E-state index in [9.17, 15) is 8.78 Å². The predicted octanol–water partition coefficient (Wildman–Crippen LogP) is 4.59. The zero-order valence-corrected chi connectivity index (χ0v) is 14.2. The summed E-state index contributed by atoms with van der Waals surface area (Å²) in [4.78, 5) is 8.10. The lowest BCUT2D eigenvalue weighted by Gasteiger charge is -1.94. The summed E-state index contributed by atoms with van der Waals surface area (Å²) in [5.74, 6) is -0.494. The minimum absolute atomic E-state index is 0.243. The molecule has 0 fully saturated rings. The second-order valence-electron chi connectivity index (χ2n) is 4.89. The lowest BCUT2D eigenvalue weighted by Crippen LogP contribution is -1.87. The molecule has 0 aliphatic carbocycles. The number of pyridine rings is 2. The van der Waals surface area contributed by atoms with Crippen LogP contribution in [0.5, 0.6) is 0 Å². The molecule has 6 heteroatoms. The second-order valence-corrected chi connectivity index (χ2v) is 4.89. The molecule has 0 aliphatic rings. The number of hydrogen-bond donors (Lipinski definition) is 0. The van der Waals surface area contributed by atoms with Gasteiger partial charge in [-0.2, -0.15) is 0 Å². The van der Waals surface area contributed by atoms with E-state index >= 15 is 0 Å². The van der Waals surface area contributed by atoms with Crippen molar-refractivity contribution in [3.05, 3.63) is 72.1 Å². The molecule has 0 spiro atoms. The Labute approximate surface area is 139 Å². The van der Waals surface area contributed by atoms with Crippen molar-refractivity contribution in [3.63, 3.8) is 0 Å². The van der Waals surface area contributed by atoms with Crippen LogP contribution in [0.3, 0.4) is 0 Å². The fourth-order valence-electron chi connectivity index (χ4n) is 2.15. The quantitative estimate of drug-likeness (QED) is 0.473. The Hall–Kier alpha value is -2.76. The van der Waals surface area contributed by atoms with Gasteiger partial charge in [0.15, 0.2) is 0 Å². The highest BCUT2D eigenvalue weighted by Gasteiger charge is 2.03. The summed E-state index contributed by atoms with van der Waals surface area (Å²) in [7, 11) is 0. The molecule has 0 atom stereocenters. The second kappa shape index (κ2) is 7.68. The van der Waals surface area contributed by atoms with Crippen LogP contribution in [0.25, 0.3) is 11.3 Å². The molecule has 0 N–H and O–H groups in total. The molecule has 0 saturated heterocycles. The number of hydrogen-bond acceptors (Lipinski definition) is 2. The average Bonchev–Trinajstić information content (AvgIpc) is 3.14. The van der Waals surface area contributed by atoms with Crippen LogP contribution in [0.4, 0.5) is 8.78 Å². The number of imidazole rings is 2. The SMILES string of the molecule is CC.Cc1nc2cc(F)ccn2c1C.Fc1ccn2ccnc2c1. The van der Waals surface area contributed by atoms with E-state index in [-0.39, 0.29) is 11.6 Å². The van der Waals surface area contributed by atoms with Gasteiger partial charge >= 0.3 is 0 Å². The third-order valence-corrected chi connectivity index (χ3v) is 3.42. The van der Waals surface area contributed by atoms with Gasteiger partial charge in [-0.25, -0.2) is 18.7 Å². The van der Waals surface area contributed by atoms with Crippen LogP contribution >= 0.6 is 0 Å². The maximum absolute atomic E-state index is 12.7. The summed E-state index contributed by atoms with van der Waals surface area (Å²) in [5, 5.41) is 0. The van der Waals surface area contributed by atoms with Gasteiger partial charge in [0.1, 0.15) is 22.9 Å². The topological polar surface area (TPSA) is 34.6 Å². The molecule has 0 radical (unpaired) electrons. The molecule has 0 bridgehead atoms. The van der Waals surface area contributed by atoms with E-state index in [1.54, 1.807) is 29.2 Å². The van der Waals surface area contributed by atoms with Gasteiger partial charge in [-0.15, -0.1) is 0 Å². The number of rotatable bonds is 0. The molecule has 4 nitrogen and oxygen atoms in total. The molecule has 0 unspecified atom stereocenters. The van der Waals surface area contributed by atoms with Gasteiger partial charge in [-0.05, 0) is 26.0 Å². The van der Waals surface area contributed by atoms with E-state index in [2.05, 4.69) is 9.97 Å². The van der Waals surface area contributed by atoms with Crippen LogP contribution in [-0.4, -0.2) is 18.8 Å². The summed E-state index contributed by atoms with van der Waals surface area (Å²) in [6.07, 6.45) is 6.74. The molecule has 126 valence electrons. The van der Waals surface area contributed by atoms with E-state index in [0.717, 1.165) is 11.4 Å². The molecule has 4 aromatic rings. The predicted molar refractivity (Wildman–Crippen MR) is 91.1 cm³/mol. The molecule has 0 amide bonds. The van der Waals surface area contributed by atoms with Gasteiger partial charge in [-0.1, -0.05) is 13.8 Å². The number of fused-ring (bicyclic) bond motifs is 2. The van der Waals surface area contributed by atoms with Gasteiger partial charge < -0.3 is 8.80 Å². The highest BCUT2D eigenvalue weighted by molar-refractivity contribution is 5.42. The zero-order valence-electron chi connectivity index (χ0n) is 14.2. The molecule has 4 aromatic heterocycles. The lowest BCUT2D eigenvalue weighted by molar-refractivity contribution is 0.626. The first-order chi connectivity index (χ1) is 11.5. The fraction of sp³-hybridized carbons (Fsp3) is 0.222. The number of nitrogens with zero attached hydrogens (tertiary/aromatic N) is 4. The van der Waals surface area contributed by atoms with Gasteiger partial charge in [0.05, 0.1) is 5.69 Å². The van der Waals surface area contributed by atoms with Crippen LogP contribution in [0.1, 0.15) is 25.2 Å². The van der Waals surface area contributed by atoms with Crippen molar-refractivity contribution in [1.29, 1.82) is 0 Å². The van der Waals surface area contributed by atoms with Crippen molar-refractivity contribution in [2.75, 3.05) is 0 Å². The van der Waals surface area contributed by atoms with Gasteiger partial charge in [0, 0.05) is 42.6 Å². The Balaban J connectivity index is 0.000000160. The average molecular weight is 330 g/mol. The Bertz CT molecular complexity index is 941. The zero-order chi connectivity index (χ0) is 17.7. The molecule has 0 aromatic carbocycles. The Kier molecular flexibility index (Phi) is 5.63. The molecule has 0 saturated carbocycles. The maximum Gasteiger partial charge on any atom is 0.140 e. The Morgan fingerprint density at radius 1 is 0.875 bits per heavy atom. The van der Waals surface area contributed by atoms with Crippen molar-refractivity contribution in [2.45, 2.75) is 27.7 Å². The molecule has 0 aliphatic heterocycles. The minimum Gasteiger partial charge on any atom is -0.307 e. The van der Waals surface area contributed by atoms with Crippen molar-refractivity contribution >= 4 is 11.3 Å². The van der Waals surface area contributed by atoms with Crippen molar-refractivity contribution < 1.29 is 8.78 Å². The smallest absolute Gasteiger partial charge is 0.140 e.